The smallest absolute Gasteiger partial charge is 0.237 e. The molecule has 9 heteroatoms. The van der Waals surface area contributed by atoms with E-state index in [9.17, 15) is 18.0 Å². The summed E-state index contributed by atoms with van der Waals surface area (Å²) in [5.41, 5.74) is 0.749. The number of benzene rings is 1. The number of sulfone groups is 1. The third kappa shape index (κ3) is 8.39. The number of amides is 2. The molecular weight excluding hydrogens is 440 g/mol. The molecule has 0 radical (unpaired) electrons. The van der Waals surface area contributed by atoms with Crippen molar-refractivity contribution in [1.82, 2.24) is 20.0 Å². The molecule has 2 heterocycles. The van der Waals surface area contributed by atoms with Crippen LogP contribution in [0.4, 0.5) is 0 Å². The zero-order valence-corrected chi connectivity index (χ0v) is 20.9. The summed E-state index contributed by atoms with van der Waals surface area (Å²) in [4.78, 5) is 31.7. The van der Waals surface area contributed by atoms with Gasteiger partial charge in [-0.25, -0.2) is 8.42 Å². The average Bonchev–Trinajstić information content (AvgIpc) is 2.93. The minimum absolute atomic E-state index is 0.0171. The molecule has 184 valence electrons. The molecule has 1 aromatic rings. The third-order valence-corrected chi connectivity index (χ3v) is 7.84. The standard InChI is InChI=1S/C24H38N4O4S/c1-24(2,3)25-22(29)17-26-11-7-12-27(14-13-26)18-23(30)28(16-20-8-5-4-6-9-20)21-10-15-33(31,32)19-21/h4-6,8-9,21H,7,10-19H2,1-3H3,(H,25,29)/t21-/m0/s1. The van der Waals surface area contributed by atoms with Crippen LogP contribution >= 0.6 is 0 Å². The van der Waals surface area contributed by atoms with Gasteiger partial charge in [-0.2, -0.15) is 0 Å². The SMILES string of the molecule is CC(C)(C)NC(=O)CN1CCCN(CC(=O)N(Cc2ccccc2)[C@H]2CCS(=O)(=O)C2)CC1. The maximum absolute atomic E-state index is 13.4. The molecule has 2 fully saturated rings. The minimum Gasteiger partial charge on any atom is -0.350 e. The van der Waals surface area contributed by atoms with Crippen molar-refractivity contribution in [1.29, 1.82) is 0 Å². The molecule has 2 saturated heterocycles. The van der Waals surface area contributed by atoms with Crippen LogP contribution in [0.1, 0.15) is 39.2 Å². The molecule has 8 nitrogen and oxygen atoms in total. The van der Waals surface area contributed by atoms with Gasteiger partial charge in [0.25, 0.3) is 0 Å². The molecule has 1 N–H and O–H groups in total. The van der Waals surface area contributed by atoms with E-state index in [2.05, 4.69) is 15.1 Å². The number of hydrogen-bond donors (Lipinski definition) is 1. The van der Waals surface area contributed by atoms with Crippen LogP contribution in [0.2, 0.25) is 0 Å². The number of rotatable bonds is 7. The molecule has 2 aliphatic heterocycles. The summed E-state index contributed by atoms with van der Waals surface area (Å²) >= 11 is 0. The quantitative estimate of drug-likeness (QED) is 0.632. The first-order chi connectivity index (χ1) is 15.5. The fourth-order valence-corrected chi connectivity index (χ4v) is 6.24. The van der Waals surface area contributed by atoms with Gasteiger partial charge in [-0.3, -0.25) is 19.4 Å². The third-order valence-electron chi connectivity index (χ3n) is 6.09. The van der Waals surface area contributed by atoms with E-state index in [0.29, 0.717) is 26.1 Å². The van der Waals surface area contributed by atoms with E-state index in [1.54, 1.807) is 4.90 Å². The first-order valence-electron chi connectivity index (χ1n) is 11.8. The van der Waals surface area contributed by atoms with Crippen molar-refractivity contribution in [3.63, 3.8) is 0 Å². The van der Waals surface area contributed by atoms with E-state index in [1.807, 2.05) is 51.1 Å². The van der Waals surface area contributed by atoms with Crippen LogP contribution in [0.15, 0.2) is 30.3 Å². The van der Waals surface area contributed by atoms with Gasteiger partial charge in [-0.05, 0) is 52.3 Å². The van der Waals surface area contributed by atoms with E-state index in [1.165, 1.54) is 0 Å². The Morgan fingerprint density at radius 2 is 1.67 bits per heavy atom. The molecule has 0 saturated carbocycles. The van der Waals surface area contributed by atoms with Gasteiger partial charge >= 0.3 is 0 Å². The fraction of sp³-hybridized carbons (Fsp3) is 0.667. The average molecular weight is 479 g/mol. The predicted molar refractivity (Wildman–Crippen MR) is 129 cm³/mol. The lowest BCUT2D eigenvalue weighted by atomic mass is 10.1. The Balaban J connectivity index is 1.59. The maximum Gasteiger partial charge on any atom is 0.237 e. The molecular formula is C24H38N4O4S. The van der Waals surface area contributed by atoms with Gasteiger partial charge in [0.2, 0.25) is 11.8 Å². The van der Waals surface area contributed by atoms with E-state index in [-0.39, 0.29) is 41.4 Å². The largest absolute Gasteiger partial charge is 0.350 e. The van der Waals surface area contributed by atoms with E-state index in [4.69, 9.17) is 0 Å². The van der Waals surface area contributed by atoms with Crippen molar-refractivity contribution in [2.45, 2.75) is 51.7 Å². The lowest BCUT2D eigenvalue weighted by molar-refractivity contribution is -0.135. The van der Waals surface area contributed by atoms with Gasteiger partial charge in [0, 0.05) is 31.2 Å². The molecule has 1 aromatic carbocycles. The van der Waals surface area contributed by atoms with Crippen LogP contribution in [0.5, 0.6) is 0 Å². The molecule has 3 rings (SSSR count). The van der Waals surface area contributed by atoms with Crippen LogP contribution in [0.25, 0.3) is 0 Å². The Morgan fingerprint density at radius 3 is 2.24 bits per heavy atom. The van der Waals surface area contributed by atoms with E-state index >= 15 is 0 Å². The highest BCUT2D eigenvalue weighted by Crippen LogP contribution is 2.21. The molecule has 0 bridgehead atoms. The second-order valence-corrected chi connectivity index (χ2v) is 12.5. The highest BCUT2D eigenvalue weighted by Gasteiger charge is 2.35. The van der Waals surface area contributed by atoms with Gasteiger partial charge < -0.3 is 10.2 Å². The van der Waals surface area contributed by atoms with Gasteiger partial charge in [0.15, 0.2) is 9.84 Å². The highest BCUT2D eigenvalue weighted by molar-refractivity contribution is 7.91. The summed E-state index contributed by atoms with van der Waals surface area (Å²) < 4.78 is 24.2. The summed E-state index contributed by atoms with van der Waals surface area (Å²) in [7, 11) is -3.09. The highest BCUT2D eigenvalue weighted by atomic mass is 32.2. The summed E-state index contributed by atoms with van der Waals surface area (Å²) in [5, 5.41) is 3.00. The molecule has 1 atom stereocenters. The summed E-state index contributed by atoms with van der Waals surface area (Å²) in [6, 6.07) is 9.46. The van der Waals surface area contributed by atoms with Crippen LogP contribution < -0.4 is 5.32 Å². The predicted octanol–water partition coefficient (Wildman–Crippen LogP) is 1.12. The number of carbonyl (C=O) groups is 2. The fourth-order valence-electron chi connectivity index (χ4n) is 4.51. The molecule has 0 spiro atoms. The zero-order chi connectivity index (χ0) is 24.1. The summed E-state index contributed by atoms with van der Waals surface area (Å²) in [5.74, 6) is 0.178. The molecule has 33 heavy (non-hydrogen) atoms. The number of carbonyl (C=O) groups excluding carboxylic acids is 2. The van der Waals surface area contributed by atoms with Gasteiger partial charge in [-0.1, -0.05) is 30.3 Å². The van der Waals surface area contributed by atoms with Crippen LogP contribution in [0, 0.1) is 0 Å². The molecule has 2 aliphatic rings. The Bertz CT molecular complexity index is 914. The monoisotopic (exact) mass is 478 g/mol. The van der Waals surface area contributed by atoms with Crippen molar-refractivity contribution >= 4 is 21.7 Å². The topological polar surface area (TPSA) is 90.0 Å². The summed E-state index contributed by atoms with van der Waals surface area (Å²) in [6.45, 7) is 9.99. The van der Waals surface area contributed by atoms with E-state index in [0.717, 1.165) is 31.6 Å². The van der Waals surface area contributed by atoms with Crippen LogP contribution in [0.3, 0.4) is 0 Å². The Labute approximate surface area is 198 Å². The van der Waals surface area contributed by atoms with Gasteiger partial charge in [0.05, 0.1) is 24.6 Å². The maximum atomic E-state index is 13.4. The van der Waals surface area contributed by atoms with Crippen molar-refractivity contribution < 1.29 is 18.0 Å². The van der Waals surface area contributed by atoms with Gasteiger partial charge in [-0.15, -0.1) is 0 Å². The van der Waals surface area contributed by atoms with Crippen molar-refractivity contribution in [2.24, 2.45) is 0 Å². The van der Waals surface area contributed by atoms with Gasteiger partial charge in [0.1, 0.15) is 0 Å². The van der Waals surface area contributed by atoms with Crippen LogP contribution in [-0.4, -0.2) is 97.3 Å². The Kier molecular flexibility index (Phi) is 8.53. The normalized spacial score (nSPS) is 22.0. The zero-order valence-electron chi connectivity index (χ0n) is 20.1. The van der Waals surface area contributed by atoms with Crippen molar-refractivity contribution in [3.8, 4) is 0 Å². The lowest BCUT2D eigenvalue weighted by Gasteiger charge is -2.31. The van der Waals surface area contributed by atoms with Crippen LogP contribution in [-0.2, 0) is 26.0 Å². The Hall–Kier alpha value is -1.97. The molecule has 0 aromatic heterocycles. The minimum atomic E-state index is -3.09. The Morgan fingerprint density at radius 1 is 1.03 bits per heavy atom. The van der Waals surface area contributed by atoms with Crippen molar-refractivity contribution in [2.75, 3.05) is 50.8 Å². The molecule has 0 unspecified atom stereocenters. The van der Waals surface area contributed by atoms with Crippen molar-refractivity contribution in [3.05, 3.63) is 35.9 Å². The van der Waals surface area contributed by atoms with E-state index < -0.39 is 9.84 Å². The first-order valence-corrected chi connectivity index (χ1v) is 13.6. The molecule has 0 aliphatic carbocycles. The second-order valence-electron chi connectivity index (χ2n) is 10.3. The summed E-state index contributed by atoms with van der Waals surface area (Å²) in [6.07, 6.45) is 1.38. The second kappa shape index (κ2) is 11.0. The molecule has 2 amide bonds. The number of nitrogens with one attached hydrogen (secondary N) is 1. The number of hydrogen-bond acceptors (Lipinski definition) is 6. The first kappa shape index (κ1) is 25.6. The lowest BCUT2D eigenvalue weighted by Crippen LogP contribution is -2.47. The number of nitrogens with zero attached hydrogens (tertiary/aromatic N) is 3.